The van der Waals surface area contributed by atoms with Crippen molar-refractivity contribution in [3.63, 3.8) is 0 Å². The number of nitrogens with two attached hydrogens (primary N) is 1. The molecule has 1 unspecified atom stereocenters. The monoisotopic (exact) mass is 274 g/mol. The fourth-order valence-electron chi connectivity index (χ4n) is 2.12. The Hall–Kier alpha value is -1.16. The molecule has 2 rings (SSSR count). The van der Waals surface area contributed by atoms with Gasteiger partial charge in [0.1, 0.15) is 0 Å². The van der Waals surface area contributed by atoms with E-state index in [1.165, 1.54) is 16.7 Å². The second kappa shape index (κ2) is 5.87. The van der Waals surface area contributed by atoms with Gasteiger partial charge in [0, 0.05) is 0 Å². The van der Waals surface area contributed by atoms with Crippen LogP contribution in [0.3, 0.4) is 0 Å². The van der Waals surface area contributed by atoms with Gasteiger partial charge in [0.15, 0.2) is 0 Å². The van der Waals surface area contributed by atoms with E-state index in [-0.39, 0.29) is 11.5 Å². The quantitative estimate of drug-likeness (QED) is 0.657. The summed E-state index contributed by atoms with van der Waals surface area (Å²) < 4.78 is 0. The highest BCUT2D eigenvalue weighted by molar-refractivity contribution is 7.07. The van der Waals surface area contributed by atoms with E-state index >= 15 is 0 Å². The van der Waals surface area contributed by atoms with Crippen LogP contribution in [-0.4, -0.2) is 0 Å². The first kappa shape index (κ1) is 14.3. The van der Waals surface area contributed by atoms with E-state index in [0.29, 0.717) is 0 Å². The first-order chi connectivity index (χ1) is 9.00. The van der Waals surface area contributed by atoms with Gasteiger partial charge in [-0.1, -0.05) is 45.0 Å². The Labute approximate surface area is 119 Å². The van der Waals surface area contributed by atoms with Crippen molar-refractivity contribution in [1.82, 2.24) is 5.43 Å². The molecular formula is C16H22N2S. The smallest absolute Gasteiger partial charge is 0.0508 e. The maximum absolute atomic E-state index is 5.67. The number of hydrogen-bond acceptors (Lipinski definition) is 3. The zero-order chi connectivity index (χ0) is 13.9. The van der Waals surface area contributed by atoms with Crippen LogP contribution < -0.4 is 11.3 Å². The van der Waals surface area contributed by atoms with Crippen LogP contribution in [0.1, 0.15) is 43.5 Å². The molecule has 1 aromatic carbocycles. The normalized spacial score (nSPS) is 13.5. The molecule has 0 bridgehead atoms. The van der Waals surface area contributed by atoms with Crippen LogP contribution in [0.25, 0.3) is 0 Å². The lowest BCUT2D eigenvalue weighted by molar-refractivity contribution is 0.552. The van der Waals surface area contributed by atoms with Crippen LogP contribution in [0.2, 0.25) is 0 Å². The van der Waals surface area contributed by atoms with Gasteiger partial charge in [-0.15, -0.1) is 0 Å². The summed E-state index contributed by atoms with van der Waals surface area (Å²) in [5.74, 6) is 5.67. The molecule has 2 aromatic rings. The van der Waals surface area contributed by atoms with Crippen molar-refractivity contribution in [3.8, 4) is 0 Å². The second-order valence-corrected chi connectivity index (χ2v) is 6.71. The molecular weight excluding hydrogens is 252 g/mol. The largest absolute Gasteiger partial charge is 0.271 e. The molecule has 0 aliphatic carbocycles. The Morgan fingerprint density at radius 3 is 2.32 bits per heavy atom. The van der Waals surface area contributed by atoms with Crippen LogP contribution in [0.5, 0.6) is 0 Å². The standard InChI is InChI=1S/C16H22N2S/c1-16(2,3)14-6-4-12(5-7-14)10-15(18-17)13-8-9-19-11-13/h4-9,11,15,18H,10,17H2,1-3H3. The second-order valence-electron chi connectivity index (χ2n) is 5.93. The Morgan fingerprint density at radius 2 is 1.84 bits per heavy atom. The Morgan fingerprint density at radius 1 is 1.16 bits per heavy atom. The third-order valence-electron chi connectivity index (χ3n) is 3.41. The Bertz CT molecular complexity index is 495. The molecule has 1 atom stereocenters. The van der Waals surface area contributed by atoms with E-state index in [2.05, 4.69) is 67.3 Å². The number of benzene rings is 1. The molecule has 1 aromatic heterocycles. The molecule has 0 aliphatic rings. The SMILES string of the molecule is CC(C)(C)c1ccc(CC(NN)c2ccsc2)cc1. The third kappa shape index (κ3) is 3.66. The number of rotatable bonds is 4. The van der Waals surface area contributed by atoms with E-state index < -0.39 is 0 Å². The fourth-order valence-corrected chi connectivity index (χ4v) is 2.84. The number of thiophene rings is 1. The van der Waals surface area contributed by atoms with Crippen molar-refractivity contribution < 1.29 is 0 Å². The minimum absolute atomic E-state index is 0.187. The van der Waals surface area contributed by atoms with Crippen molar-refractivity contribution in [2.24, 2.45) is 5.84 Å². The van der Waals surface area contributed by atoms with Gasteiger partial charge in [0.25, 0.3) is 0 Å². The van der Waals surface area contributed by atoms with Crippen molar-refractivity contribution in [2.45, 2.75) is 38.6 Å². The third-order valence-corrected chi connectivity index (χ3v) is 4.11. The van der Waals surface area contributed by atoms with Gasteiger partial charge >= 0.3 is 0 Å². The van der Waals surface area contributed by atoms with Gasteiger partial charge in [0.2, 0.25) is 0 Å². The van der Waals surface area contributed by atoms with Crippen LogP contribution >= 0.6 is 11.3 Å². The van der Waals surface area contributed by atoms with Gasteiger partial charge in [-0.3, -0.25) is 11.3 Å². The highest BCUT2D eigenvalue weighted by atomic mass is 32.1. The van der Waals surface area contributed by atoms with Crippen LogP contribution in [0, 0.1) is 0 Å². The summed E-state index contributed by atoms with van der Waals surface area (Å²) in [7, 11) is 0. The molecule has 102 valence electrons. The molecule has 2 nitrogen and oxygen atoms in total. The molecule has 0 amide bonds. The topological polar surface area (TPSA) is 38.0 Å². The van der Waals surface area contributed by atoms with Gasteiger partial charge in [0.05, 0.1) is 6.04 Å². The molecule has 0 spiro atoms. The summed E-state index contributed by atoms with van der Waals surface area (Å²) in [6.07, 6.45) is 0.914. The Balaban J connectivity index is 2.11. The zero-order valence-corrected chi connectivity index (χ0v) is 12.6. The Kier molecular flexibility index (Phi) is 4.40. The molecule has 0 radical (unpaired) electrons. The van der Waals surface area contributed by atoms with Gasteiger partial charge < -0.3 is 0 Å². The summed E-state index contributed by atoms with van der Waals surface area (Å²) in [6, 6.07) is 11.2. The predicted molar refractivity (Wildman–Crippen MR) is 83.2 cm³/mol. The average Bonchev–Trinajstić information content (AvgIpc) is 2.89. The van der Waals surface area contributed by atoms with Gasteiger partial charge in [-0.25, -0.2) is 0 Å². The van der Waals surface area contributed by atoms with E-state index in [9.17, 15) is 0 Å². The van der Waals surface area contributed by atoms with Gasteiger partial charge in [-0.05, 0) is 45.4 Å². The maximum atomic E-state index is 5.67. The minimum Gasteiger partial charge on any atom is -0.271 e. The molecule has 0 fully saturated rings. The summed E-state index contributed by atoms with van der Waals surface area (Å²) in [5, 5.41) is 4.23. The summed E-state index contributed by atoms with van der Waals surface area (Å²) in [5.41, 5.74) is 7.04. The number of hydrogen-bond donors (Lipinski definition) is 2. The highest BCUT2D eigenvalue weighted by Gasteiger charge is 2.14. The molecule has 19 heavy (non-hydrogen) atoms. The molecule has 1 heterocycles. The highest BCUT2D eigenvalue weighted by Crippen LogP contribution is 2.24. The molecule has 3 N–H and O–H groups in total. The first-order valence-corrected chi connectivity index (χ1v) is 7.52. The maximum Gasteiger partial charge on any atom is 0.0508 e. The van der Waals surface area contributed by atoms with Crippen molar-refractivity contribution >= 4 is 11.3 Å². The minimum atomic E-state index is 0.187. The number of hydrazine groups is 1. The van der Waals surface area contributed by atoms with Gasteiger partial charge in [-0.2, -0.15) is 11.3 Å². The van der Waals surface area contributed by atoms with E-state index in [1.807, 2.05) is 0 Å². The lowest BCUT2D eigenvalue weighted by Crippen LogP contribution is -2.29. The lowest BCUT2D eigenvalue weighted by atomic mass is 9.86. The van der Waals surface area contributed by atoms with Crippen molar-refractivity contribution in [1.29, 1.82) is 0 Å². The van der Waals surface area contributed by atoms with Crippen LogP contribution in [0.15, 0.2) is 41.1 Å². The summed E-state index contributed by atoms with van der Waals surface area (Å²) in [6.45, 7) is 6.70. The van der Waals surface area contributed by atoms with E-state index in [0.717, 1.165) is 6.42 Å². The number of nitrogens with one attached hydrogen (secondary N) is 1. The van der Waals surface area contributed by atoms with Crippen molar-refractivity contribution in [3.05, 3.63) is 57.8 Å². The van der Waals surface area contributed by atoms with Crippen LogP contribution in [-0.2, 0) is 11.8 Å². The van der Waals surface area contributed by atoms with E-state index in [4.69, 9.17) is 5.84 Å². The lowest BCUT2D eigenvalue weighted by Gasteiger charge is -2.20. The molecule has 0 aliphatic heterocycles. The van der Waals surface area contributed by atoms with Crippen molar-refractivity contribution in [2.75, 3.05) is 0 Å². The zero-order valence-electron chi connectivity index (χ0n) is 11.8. The fraction of sp³-hybridized carbons (Fsp3) is 0.375. The summed E-state index contributed by atoms with van der Waals surface area (Å²) >= 11 is 1.70. The van der Waals surface area contributed by atoms with E-state index in [1.54, 1.807) is 11.3 Å². The predicted octanol–water partition coefficient (Wildman–Crippen LogP) is 3.79. The molecule has 0 saturated heterocycles. The summed E-state index contributed by atoms with van der Waals surface area (Å²) in [4.78, 5) is 0. The first-order valence-electron chi connectivity index (χ1n) is 6.58. The average molecular weight is 274 g/mol. The molecule has 3 heteroatoms. The molecule has 0 saturated carbocycles. The van der Waals surface area contributed by atoms with Crippen LogP contribution in [0.4, 0.5) is 0 Å².